The van der Waals surface area contributed by atoms with Crippen molar-refractivity contribution in [3.8, 4) is 0 Å². The first-order valence-corrected chi connectivity index (χ1v) is 7.15. The number of nitrogens with two attached hydrogens (primary N) is 1. The number of thiocarbonyl (C=S) groups is 1. The van der Waals surface area contributed by atoms with Crippen LogP contribution in [0, 0.1) is 6.92 Å². The lowest BCUT2D eigenvalue weighted by atomic mass is 10.2. The first-order chi connectivity index (χ1) is 8.97. The maximum atomic E-state index is 5.72. The Kier molecular flexibility index (Phi) is 4.37. The van der Waals surface area contributed by atoms with Crippen molar-refractivity contribution in [1.29, 1.82) is 0 Å². The van der Waals surface area contributed by atoms with Gasteiger partial charge in [-0.15, -0.1) is 0 Å². The van der Waals surface area contributed by atoms with E-state index in [-0.39, 0.29) is 0 Å². The number of nitrogens with zero attached hydrogens (tertiary/aromatic N) is 3. The fourth-order valence-corrected chi connectivity index (χ4v) is 2.54. The Hall–Kier alpha value is -1.20. The van der Waals surface area contributed by atoms with Gasteiger partial charge in [0.05, 0.1) is 0 Å². The Bertz CT molecular complexity index is 465. The molecule has 2 rings (SSSR count). The van der Waals surface area contributed by atoms with E-state index in [0.717, 1.165) is 43.3 Å². The van der Waals surface area contributed by atoms with Gasteiger partial charge in [0, 0.05) is 43.5 Å². The minimum Gasteiger partial charge on any atom is -0.389 e. The second kappa shape index (κ2) is 5.84. The largest absolute Gasteiger partial charge is 0.389 e. The maximum absolute atomic E-state index is 5.72. The molecule has 0 aromatic carbocycles. The van der Waals surface area contributed by atoms with Crippen LogP contribution in [0.15, 0.2) is 12.1 Å². The third-order valence-electron chi connectivity index (χ3n) is 3.59. The van der Waals surface area contributed by atoms with Crippen molar-refractivity contribution in [1.82, 2.24) is 9.88 Å². The highest BCUT2D eigenvalue weighted by Crippen LogP contribution is 2.17. The van der Waals surface area contributed by atoms with Gasteiger partial charge in [0.2, 0.25) is 0 Å². The predicted octanol–water partition coefficient (Wildman–Crippen LogP) is 1.55. The molecule has 1 fully saturated rings. The zero-order chi connectivity index (χ0) is 14.0. The molecular weight excluding hydrogens is 256 g/mol. The molecule has 2 N–H and O–H groups in total. The summed E-state index contributed by atoms with van der Waals surface area (Å²) in [5, 5.41) is 0. The molecule has 1 aliphatic rings. The SMILES string of the molecule is Cc1cc(C(N)=S)cc(N2CCN(C(C)C)CC2)n1. The molecule has 1 aromatic heterocycles. The summed E-state index contributed by atoms with van der Waals surface area (Å²) in [6.07, 6.45) is 0. The van der Waals surface area contributed by atoms with Crippen molar-refractivity contribution in [2.45, 2.75) is 26.8 Å². The Morgan fingerprint density at radius 3 is 2.42 bits per heavy atom. The Morgan fingerprint density at radius 1 is 1.26 bits per heavy atom. The summed E-state index contributed by atoms with van der Waals surface area (Å²) < 4.78 is 0. The van der Waals surface area contributed by atoms with Gasteiger partial charge in [0.15, 0.2) is 0 Å². The van der Waals surface area contributed by atoms with Crippen LogP contribution in [0.4, 0.5) is 5.82 Å². The summed E-state index contributed by atoms with van der Waals surface area (Å²) in [6.45, 7) is 10.6. The van der Waals surface area contributed by atoms with Gasteiger partial charge in [-0.1, -0.05) is 12.2 Å². The molecule has 0 bridgehead atoms. The maximum Gasteiger partial charge on any atom is 0.129 e. The minimum absolute atomic E-state index is 0.438. The summed E-state index contributed by atoms with van der Waals surface area (Å²) >= 11 is 5.06. The van der Waals surface area contributed by atoms with Crippen LogP contribution in [0.3, 0.4) is 0 Å². The Balaban J connectivity index is 2.13. The number of aryl methyl sites for hydroxylation is 1. The minimum atomic E-state index is 0.438. The van der Waals surface area contributed by atoms with Gasteiger partial charge in [-0.2, -0.15) is 0 Å². The van der Waals surface area contributed by atoms with Gasteiger partial charge in [-0.3, -0.25) is 4.90 Å². The zero-order valence-electron chi connectivity index (χ0n) is 11.9. The number of anilines is 1. The first-order valence-electron chi connectivity index (χ1n) is 6.75. The number of piperazine rings is 1. The van der Waals surface area contributed by atoms with Gasteiger partial charge < -0.3 is 10.6 Å². The fourth-order valence-electron chi connectivity index (χ4n) is 2.42. The highest BCUT2D eigenvalue weighted by molar-refractivity contribution is 7.80. The topological polar surface area (TPSA) is 45.4 Å². The molecule has 1 aliphatic heterocycles. The predicted molar refractivity (Wildman–Crippen MR) is 83.8 cm³/mol. The van der Waals surface area contributed by atoms with Crippen molar-refractivity contribution in [3.63, 3.8) is 0 Å². The van der Waals surface area contributed by atoms with E-state index < -0.39 is 0 Å². The van der Waals surface area contributed by atoms with Crippen molar-refractivity contribution < 1.29 is 0 Å². The molecular formula is C14H22N4S. The highest BCUT2D eigenvalue weighted by atomic mass is 32.1. The number of hydrogen-bond acceptors (Lipinski definition) is 4. The molecule has 19 heavy (non-hydrogen) atoms. The molecule has 0 saturated carbocycles. The smallest absolute Gasteiger partial charge is 0.129 e. The van der Waals surface area contributed by atoms with Crippen LogP contribution in [-0.4, -0.2) is 47.1 Å². The summed E-state index contributed by atoms with van der Waals surface area (Å²) in [4.78, 5) is 9.84. The van der Waals surface area contributed by atoms with Gasteiger partial charge >= 0.3 is 0 Å². The molecule has 5 heteroatoms. The molecule has 0 atom stereocenters. The van der Waals surface area contributed by atoms with E-state index in [1.807, 2.05) is 19.1 Å². The van der Waals surface area contributed by atoms with Crippen LogP contribution in [0.5, 0.6) is 0 Å². The van der Waals surface area contributed by atoms with Crippen molar-refractivity contribution in [3.05, 3.63) is 23.4 Å². The molecule has 0 spiro atoms. The molecule has 1 aromatic rings. The molecule has 104 valence electrons. The second-order valence-corrected chi connectivity index (χ2v) is 5.78. The monoisotopic (exact) mass is 278 g/mol. The average molecular weight is 278 g/mol. The normalized spacial score (nSPS) is 16.9. The van der Waals surface area contributed by atoms with Gasteiger partial charge in [0.1, 0.15) is 10.8 Å². The van der Waals surface area contributed by atoms with Crippen LogP contribution in [0.1, 0.15) is 25.1 Å². The van der Waals surface area contributed by atoms with Gasteiger partial charge in [-0.05, 0) is 32.9 Å². The number of aromatic nitrogens is 1. The number of pyridine rings is 1. The van der Waals surface area contributed by atoms with Crippen LogP contribution in [0.2, 0.25) is 0 Å². The third-order valence-corrected chi connectivity index (χ3v) is 3.83. The van der Waals surface area contributed by atoms with Gasteiger partial charge in [0.25, 0.3) is 0 Å². The molecule has 0 aliphatic carbocycles. The zero-order valence-corrected chi connectivity index (χ0v) is 12.7. The fraction of sp³-hybridized carbons (Fsp3) is 0.571. The van der Waals surface area contributed by atoms with Crippen LogP contribution in [-0.2, 0) is 0 Å². The molecule has 0 amide bonds. The van der Waals surface area contributed by atoms with E-state index in [0.29, 0.717) is 11.0 Å². The first kappa shape index (κ1) is 14.2. The molecule has 0 unspecified atom stereocenters. The van der Waals surface area contributed by atoms with E-state index in [2.05, 4.69) is 28.6 Å². The summed E-state index contributed by atoms with van der Waals surface area (Å²) in [5.41, 5.74) is 7.59. The summed E-state index contributed by atoms with van der Waals surface area (Å²) in [7, 11) is 0. The second-order valence-electron chi connectivity index (χ2n) is 5.34. The third kappa shape index (κ3) is 3.42. The van der Waals surface area contributed by atoms with E-state index in [1.165, 1.54) is 0 Å². The Morgan fingerprint density at radius 2 is 1.89 bits per heavy atom. The quantitative estimate of drug-likeness (QED) is 0.850. The lowest BCUT2D eigenvalue weighted by Gasteiger charge is -2.37. The highest BCUT2D eigenvalue weighted by Gasteiger charge is 2.20. The number of hydrogen-bond donors (Lipinski definition) is 1. The van der Waals surface area contributed by atoms with Crippen LogP contribution >= 0.6 is 12.2 Å². The van der Waals surface area contributed by atoms with E-state index in [4.69, 9.17) is 18.0 Å². The van der Waals surface area contributed by atoms with Crippen LogP contribution in [0.25, 0.3) is 0 Å². The van der Waals surface area contributed by atoms with Gasteiger partial charge in [-0.25, -0.2) is 4.98 Å². The van der Waals surface area contributed by atoms with E-state index in [9.17, 15) is 0 Å². The lowest BCUT2D eigenvalue weighted by molar-refractivity contribution is 0.209. The lowest BCUT2D eigenvalue weighted by Crippen LogP contribution is -2.49. The molecule has 0 radical (unpaired) electrons. The van der Waals surface area contributed by atoms with Crippen molar-refractivity contribution >= 4 is 23.0 Å². The average Bonchev–Trinajstić information content (AvgIpc) is 2.38. The van der Waals surface area contributed by atoms with Crippen molar-refractivity contribution in [2.24, 2.45) is 5.73 Å². The molecule has 4 nitrogen and oxygen atoms in total. The standard InChI is InChI=1S/C14H22N4S/c1-10(2)17-4-6-18(7-5-17)13-9-12(14(15)19)8-11(3)16-13/h8-10H,4-7H2,1-3H3,(H2,15,19). The summed E-state index contributed by atoms with van der Waals surface area (Å²) in [6, 6.07) is 4.55. The van der Waals surface area contributed by atoms with E-state index in [1.54, 1.807) is 0 Å². The van der Waals surface area contributed by atoms with Crippen LogP contribution < -0.4 is 10.6 Å². The molecule has 1 saturated heterocycles. The Labute approximate surface area is 120 Å². The summed E-state index contributed by atoms with van der Waals surface area (Å²) in [5.74, 6) is 0.992. The molecule has 2 heterocycles. The van der Waals surface area contributed by atoms with E-state index >= 15 is 0 Å². The van der Waals surface area contributed by atoms with Crippen molar-refractivity contribution in [2.75, 3.05) is 31.1 Å². The number of rotatable bonds is 3.